The molecule has 19 heteroatoms. The second kappa shape index (κ2) is 21.0. The maximum atomic E-state index is 14.2. The summed E-state index contributed by atoms with van der Waals surface area (Å²) in [6.07, 6.45) is 9.69. The third kappa shape index (κ3) is 12.7. The average Bonchev–Trinajstić information content (AvgIpc) is 3.60. The molecular formula is C38H44ClF3N6O6S3. The molecule has 4 aromatic carbocycles. The number of fused-ring (bicyclic) bond motifs is 1. The number of benzene rings is 4. The van der Waals surface area contributed by atoms with Crippen molar-refractivity contribution in [2.45, 2.75) is 86.1 Å². The van der Waals surface area contributed by atoms with Gasteiger partial charge < -0.3 is 20.4 Å². The van der Waals surface area contributed by atoms with Crippen molar-refractivity contribution in [2.24, 2.45) is 5.90 Å². The lowest BCUT2D eigenvalue weighted by molar-refractivity contribution is 0.311. The zero-order chi connectivity index (χ0) is 40.3. The SMILES string of the molecule is Cl.NO.O=S(=O)(NC1CCCCC1)c1ccc(F)c(C(=S)Nc2ccc(F)cc2)c1.O=S(=O)(NC1CCCCC1)c1ccc2onc(Nc3ccc(F)cc3)c2c1. The molecule has 0 unspecified atom stereocenters. The third-order valence-electron chi connectivity index (χ3n) is 9.31. The quantitative estimate of drug-likeness (QED) is 0.0584. The van der Waals surface area contributed by atoms with Crippen LogP contribution in [0.3, 0.4) is 0 Å². The second-order valence-electron chi connectivity index (χ2n) is 13.3. The van der Waals surface area contributed by atoms with Crippen LogP contribution in [-0.2, 0) is 20.0 Å². The van der Waals surface area contributed by atoms with Gasteiger partial charge in [-0.15, -0.1) is 12.4 Å². The van der Waals surface area contributed by atoms with E-state index in [4.69, 9.17) is 21.9 Å². The van der Waals surface area contributed by atoms with Gasteiger partial charge in [-0.3, -0.25) is 0 Å². The lowest BCUT2D eigenvalue weighted by Gasteiger charge is -2.22. The number of nitrogens with two attached hydrogens (primary N) is 1. The number of sulfonamides is 2. The molecule has 5 aromatic rings. The molecule has 0 atom stereocenters. The molecule has 0 spiro atoms. The summed E-state index contributed by atoms with van der Waals surface area (Å²) in [5, 5.41) is 16.8. The van der Waals surface area contributed by atoms with Crippen LogP contribution in [0.2, 0.25) is 0 Å². The fourth-order valence-electron chi connectivity index (χ4n) is 6.44. The maximum Gasteiger partial charge on any atom is 0.240 e. The first-order chi connectivity index (χ1) is 26.9. The van der Waals surface area contributed by atoms with E-state index in [1.165, 1.54) is 54.6 Å². The Morgan fingerprint density at radius 2 is 1.16 bits per heavy atom. The molecule has 0 bridgehead atoms. The van der Waals surface area contributed by atoms with Gasteiger partial charge in [0.2, 0.25) is 20.0 Å². The van der Waals surface area contributed by atoms with Gasteiger partial charge in [0.25, 0.3) is 0 Å². The Balaban J connectivity index is 0.000000238. The van der Waals surface area contributed by atoms with Gasteiger partial charge in [0, 0.05) is 29.0 Å². The van der Waals surface area contributed by atoms with E-state index in [2.05, 4.69) is 31.1 Å². The summed E-state index contributed by atoms with van der Waals surface area (Å²) in [6.45, 7) is 0. The van der Waals surface area contributed by atoms with Crippen LogP contribution in [0.4, 0.5) is 30.4 Å². The van der Waals surface area contributed by atoms with Crippen molar-refractivity contribution < 1.29 is 39.7 Å². The predicted octanol–water partition coefficient (Wildman–Crippen LogP) is 8.44. The second-order valence-corrected chi connectivity index (χ2v) is 17.2. The first kappa shape index (κ1) is 45.6. The number of anilines is 3. The topological polar surface area (TPSA) is 189 Å². The zero-order valence-electron chi connectivity index (χ0n) is 30.6. The van der Waals surface area contributed by atoms with E-state index in [9.17, 15) is 30.0 Å². The number of thiocarbonyl (C=S) groups is 1. The van der Waals surface area contributed by atoms with Crippen molar-refractivity contribution in [3.63, 3.8) is 0 Å². The standard InChI is InChI=1S/C19H20F2N2O2S2.C19H20FN3O3S.ClH.H3NO/c20-13-6-8-14(9-7-13)22-19(26)17-12-16(10-11-18(17)21)27(24,25)23-15-4-2-1-3-5-15;20-13-6-8-14(9-7-13)21-19-17-12-16(10-11-18(17)26-22-19)27(24,25)23-15-4-2-1-3-5-15;;1-2/h6-12,15,23H,1-5H2,(H,22,26);6-12,15,23H,1-5H2,(H,21,22);1H;2H,1H2. The average molecular weight is 869 g/mol. The Kier molecular flexibility index (Phi) is 16.8. The summed E-state index contributed by atoms with van der Waals surface area (Å²) in [7, 11) is -7.39. The van der Waals surface area contributed by atoms with E-state index in [-0.39, 0.29) is 50.7 Å². The van der Waals surface area contributed by atoms with Crippen LogP contribution in [0.15, 0.2) is 99.2 Å². The van der Waals surface area contributed by atoms with Gasteiger partial charge in [-0.25, -0.2) is 45.3 Å². The number of nitrogens with zero attached hydrogens (tertiary/aromatic N) is 1. The first-order valence-corrected chi connectivity index (χ1v) is 21.3. The molecule has 2 aliphatic rings. The van der Waals surface area contributed by atoms with Crippen LogP contribution in [-0.4, -0.2) is 44.3 Å². The summed E-state index contributed by atoms with van der Waals surface area (Å²) in [5.74, 6) is 2.50. The minimum absolute atomic E-state index is 0. The highest BCUT2D eigenvalue weighted by Gasteiger charge is 2.25. The van der Waals surface area contributed by atoms with Crippen LogP contribution < -0.4 is 26.0 Å². The normalized spacial score (nSPS) is 15.0. The molecule has 2 fully saturated rings. The molecule has 0 aliphatic heterocycles. The lowest BCUT2D eigenvalue weighted by atomic mass is 9.96. The lowest BCUT2D eigenvalue weighted by Crippen LogP contribution is -2.36. The summed E-state index contributed by atoms with van der Waals surface area (Å²) >= 11 is 5.21. The van der Waals surface area contributed by atoms with E-state index in [1.807, 2.05) is 0 Å². The molecular weight excluding hydrogens is 825 g/mol. The van der Waals surface area contributed by atoms with Gasteiger partial charge in [0.1, 0.15) is 22.4 Å². The molecule has 1 aromatic heterocycles. The van der Waals surface area contributed by atoms with Crippen molar-refractivity contribution >= 4 is 77.8 Å². The summed E-state index contributed by atoms with van der Waals surface area (Å²) < 4.78 is 102. The summed E-state index contributed by atoms with van der Waals surface area (Å²) in [4.78, 5) is 0.160. The number of hydrogen-bond acceptors (Lipinski definition) is 10. The van der Waals surface area contributed by atoms with Gasteiger partial charge in [0.15, 0.2) is 11.4 Å². The minimum Gasteiger partial charge on any atom is -0.354 e. The molecule has 2 saturated carbocycles. The minimum atomic E-state index is -3.76. The molecule has 7 N–H and O–H groups in total. The molecule has 2 aliphatic carbocycles. The van der Waals surface area contributed by atoms with Gasteiger partial charge in [-0.2, -0.15) is 0 Å². The Morgan fingerprint density at radius 3 is 1.68 bits per heavy atom. The van der Waals surface area contributed by atoms with E-state index in [0.29, 0.717) is 28.2 Å². The smallest absolute Gasteiger partial charge is 0.240 e. The molecule has 0 amide bonds. The molecule has 7 rings (SSSR count). The molecule has 12 nitrogen and oxygen atoms in total. The van der Waals surface area contributed by atoms with E-state index < -0.39 is 31.7 Å². The Morgan fingerprint density at radius 1 is 0.684 bits per heavy atom. The molecule has 1 heterocycles. The van der Waals surface area contributed by atoms with Crippen LogP contribution in [0.1, 0.15) is 69.8 Å². The number of aromatic nitrogens is 1. The van der Waals surface area contributed by atoms with Gasteiger partial charge >= 0.3 is 0 Å². The molecule has 57 heavy (non-hydrogen) atoms. The van der Waals surface area contributed by atoms with Crippen LogP contribution >= 0.6 is 24.6 Å². The van der Waals surface area contributed by atoms with Gasteiger partial charge in [0.05, 0.1) is 15.2 Å². The maximum absolute atomic E-state index is 14.2. The highest BCUT2D eigenvalue weighted by atomic mass is 35.5. The molecule has 308 valence electrons. The summed E-state index contributed by atoms with van der Waals surface area (Å²) in [5.41, 5.74) is 1.55. The number of nitrogens with one attached hydrogen (secondary N) is 4. The Hall–Kier alpha value is -4.14. The van der Waals surface area contributed by atoms with Gasteiger partial charge in [-0.05, 0) is 111 Å². The third-order valence-corrected chi connectivity index (χ3v) is 12.7. The fraction of sp³-hybridized carbons (Fsp3) is 0.316. The first-order valence-electron chi connectivity index (χ1n) is 18.0. The van der Waals surface area contributed by atoms with E-state index in [1.54, 1.807) is 24.3 Å². The monoisotopic (exact) mass is 868 g/mol. The Labute approximate surface area is 341 Å². The van der Waals surface area contributed by atoms with Crippen LogP contribution in [0.5, 0.6) is 0 Å². The zero-order valence-corrected chi connectivity index (χ0v) is 33.9. The molecule has 0 saturated heterocycles. The van der Waals surface area contributed by atoms with Crippen molar-refractivity contribution in [3.05, 3.63) is 108 Å². The number of rotatable bonds is 10. The highest BCUT2D eigenvalue weighted by Crippen LogP contribution is 2.29. The number of halogens is 4. The van der Waals surface area contributed by atoms with E-state index >= 15 is 0 Å². The number of hydrogen-bond donors (Lipinski definition) is 6. The molecule has 0 radical (unpaired) electrons. The van der Waals surface area contributed by atoms with Crippen molar-refractivity contribution in [2.75, 3.05) is 10.6 Å². The van der Waals surface area contributed by atoms with Gasteiger partial charge in [-0.1, -0.05) is 55.9 Å². The van der Waals surface area contributed by atoms with E-state index in [0.717, 1.165) is 70.3 Å². The van der Waals surface area contributed by atoms with Crippen LogP contribution in [0.25, 0.3) is 11.0 Å². The van der Waals surface area contributed by atoms with Crippen LogP contribution in [0, 0.1) is 17.5 Å². The van der Waals surface area contributed by atoms with Crippen molar-refractivity contribution in [1.29, 1.82) is 0 Å². The predicted molar refractivity (Wildman–Crippen MR) is 219 cm³/mol. The summed E-state index contributed by atoms with van der Waals surface area (Å²) in [6, 6.07) is 19.3. The highest BCUT2D eigenvalue weighted by molar-refractivity contribution is 7.89. The largest absolute Gasteiger partial charge is 0.354 e. The fourth-order valence-corrected chi connectivity index (χ4v) is 9.37. The van der Waals surface area contributed by atoms with Crippen molar-refractivity contribution in [1.82, 2.24) is 14.6 Å². The Bertz CT molecular complexity index is 2310. The van der Waals surface area contributed by atoms with Crippen molar-refractivity contribution in [3.8, 4) is 0 Å².